The topological polar surface area (TPSA) is 28.2 Å². The summed E-state index contributed by atoms with van der Waals surface area (Å²) in [7, 11) is 4.44. The van der Waals surface area contributed by atoms with Crippen molar-refractivity contribution in [1.82, 2.24) is 9.88 Å². The Morgan fingerprint density at radius 1 is 1.47 bits per heavy atom. The first-order valence-electron chi connectivity index (χ1n) is 7.36. The van der Waals surface area contributed by atoms with Crippen molar-refractivity contribution in [2.24, 2.45) is 5.92 Å². The first-order valence-corrected chi connectivity index (χ1v) is 7.36. The first-order chi connectivity index (χ1) is 9.02. The second-order valence-electron chi connectivity index (χ2n) is 6.36. The summed E-state index contributed by atoms with van der Waals surface area (Å²) in [5.41, 5.74) is 2.56. The molecule has 0 aliphatic heterocycles. The smallest absolute Gasteiger partial charge is 0.0393 e. The van der Waals surface area contributed by atoms with Gasteiger partial charge in [-0.25, -0.2) is 0 Å². The van der Waals surface area contributed by atoms with Gasteiger partial charge < -0.3 is 10.2 Å². The van der Waals surface area contributed by atoms with Gasteiger partial charge in [-0.05, 0) is 51.9 Å². The monoisotopic (exact) mass is 261 g/mol. The minimum atomic E-state index is 0.300. The van der Waals surface area contributed by atoms with E-state index in [1.165, 1.54) is 31.4 Å². The zero-order valence-electron chi connectivity index (χ0n) is 12.7. The van der Waals surface area contributed by atoms with Crippen molar-refractivity contribution >= 4 is 5.69 Å². The highest BCUT2D eigenvalue weighted by atomic mass is 15.2. The summed E-state index contributed by atoms with van der Waals surface area (Å²) in [6.45, 7) is 5.44. The Morgan fingerprint density at radius 3 is 2.89 bits per heavy atom. The summed E-state index contributed by atoms with van der Waals surface area (Å²) < 4.78 is 0. The Hall–Kier alpha value is -1.09. The third kappa shape index (κ3) is 3.47. The van der Waals surface area contributed by atoms with E-state index in [0.29, 0.717) is 5.54 Å². The van der Waals surface area contributed by atoms with Gasteiger partial charge in [0.05, 0.1) is 0 Å². The number of nitrogens with one attached hydrogen (secondary N) is 1. The van der Waals surface area contributed by atoms with Crippen LogP contribution in [0, 0.1) is 12.8 Å². The third-order valence-corrected chi connectivity index (χ3v) is 4.53. The van der Waals surface area contributed by atoms with Crippen LogP contribution in [0.15, 0.2) is 18.3 Å². The molecule has 2 unspecified atom stereocenters. The van der Waals surface area contributed by atoms with Crippen LogP contribution >= 0.6 is 0 Å². The van der Waals surface area contributed by atoms with E-state index in [9.17, 15) is 0 Å². The Labute approximate surface area is 117 Å². The summed E-state index contributed by atoms with van der Waals surface area (Å²) in [6.07, 6.45) is 7.18. The number of anilines is 1. The minimum absolute atomic E-state index is 0.300. The van der Waals surface area contributed by atoms with E-state index in [1.54, 1.807) is 0 Å². The number of pyridine rings is 1. The van der Waals surface area contributed by atoms with E-state index in [1.807, 2.05) is 13.1 Å². The van der Waals surface area contributed by atoms with Gasteiger partial charge in [-0.1, -0.05) is 19.8 Å². The van der Waals surface area contributed by atoms with Crippen molar-refractivity contribution in [2.45, 2.75) is 45.1 Å². The van der Waals surface area contributed by atoms with Gasteiger partial charge in [-0.15, -0.1) is 0 Å². The summed E-state index contributed by atoms with van der Waals surface area (Å²) in [4.78, 5) is 6.67. The van der Waals surface area contributed by atoms with Gasteiger partial charge in [-0.3, -0.25) is 4.98 Å². The molecule has 106 valence electrons. The second kappa shape index (κ2) is 5.91. The number of hydrogen-bond donors (Lipinski definition) is 1. The molecule has 1 aromatic heterocycles. The molecule has 3 heteroatoms. The number of rotatable bonds is 4. The Morgan fingerprint density at radius 2 is 2.26 bits per heavy atom. The highest BCUT2D eigenvalue weighted by Crippen LogP contribution is 2.35. The van der Waals surface area contributed by atoms with Gasteiger partial charge in [0.2, 0.25) is 0 Å². The van der Waals surface area contributed by atoms with Crippen LogP contribution in [0.25, 0.3) is 0 Å². The Bertz CT molecular complexity index is 416. The molecule has 0 saturated heterocycles. The number of nitrogens with zero attached hydrogens (tertiary/aromatic N) is 2. The van der Waals surface area contributed by atoms with Crippen molar-refractivity contribution in [3.8, 4) is 0 Å². The number of likely N-dealkylation sites (N-methyl/N-ethyl adjacent to an activating group) is 1. The average molecular weight is 261 g/mol. The molecule has 1 saturated carbocycles. The lowest BCUT2D eigenvalue weighted by Crippen LogP contribution is -2.52. The normalized spacial score (nSPS) is 27.5. The summed E-state index contributed by atoms with van der Waals surface area (Å²) in [5.74, 6) is 0.831. The molecule has 1 heterocycles. The highest BCUT2D eigenvalue weighted by molar-refractivity contribution is 5.43. The van der Waals surface area contributed by atoms with Crippen LogP contribution in [-0.4, -0.2) is 36.1 Å². The zero-order chi connectivity index (χ0) is 13.9. The van der Waals surface area contributed by atoms with Gasteiger partial charge in [0.1, 0.15) is 0 Å². The Balaban J connectivity index is 2.05. The minimum Gasteiger partial charge on any atom is -0.383 e. The van der Waals surface area contributed by atoms with Crippen LogP contribution in [-0.2, 0) is 0 Å². The van der Waals surface area contributed by atoms with E-state index in [0.717, 1.165) is 18.2 Å². The maximum atomic E-state index is 4.25. The fraction of sp³-hybridized carbons (Fsp3) is 0.688. The van der Waals surface area contributed by atoms with Gasteiger partial charge >= 0.3 is 0 Å². The summed E-state index contributed by atoms with van der Waals surface area (Å²) in [6, 6.07) is 4.18. The molecule has 2 atom stereocenters. The summed E-state index contributed by atoms with van der Waals surface area (Å²) in [5, 5.41) is 3.62. The SMILES string of the molecule is Cc1cc(NCC2(N(C)C)CCCC(C)C2)ccn1. The molecule has 2 rings (SSSR count). The van der Waals surface area contributed by atoms with Crippen LogP contribution in [0.3, 0.4) is 0 Å². The fourth-order valence-corrected chi connectivity index (χ4v) is 3.28. The van der Waals surface area contributed by atoms with Gasteiger partial charge in [0.25, 0.3) is 0 Å². The molecule has 1 aliphatic carbocycles. The maximum Gasteiger partial charge on any atom is 0.0393 e. The van der Waals surface area contributed by atoms with E-state index in [2.05, 4.69) is 48.4 Å². The standard InChI is InChI=1S/C16H27N3/c1-13-6-5-8-16(11-13,19(3)4)12-18-15-7-9-17-14(2)10-15/h7,9-10,13H,5-6,8,11-12H2,1-4H3,(H,17,18). The van der Waals surface area contributed by atoms with Gasteiger partial charge in [0.15, 0.2) is 0 Å². The predicted molar refractivity (Wildman–Crippen MR) is 81.5 cm³/mol. The van der Waals surface area contributed by atoms with Crippen molar-refractivity contribution in [1.29, 1.82) is 0 Å². The number of aromatic nitrogens is 1. The van der Waals surface area contributed by atoms with E-state index < -0.39 is 0 Å². The molecular weight excluding hydrogens is 234 g/mol. The van der Waals surface area contributed by atoms with Gasteiger partial charge in [-0.2, -0.15) is 0 Å². The molecule has 0 bridgehead atoms. The number of hydrogen-bond acceptors (Lipinski definition) is 3. The van der Waals surface area contributed by atoms with Crippen molar-refractivity contribution in [3.05, 3.63) is 24.0 Å². The van der Waals surface area contributed by atoms with Crippen LogP contribution < -0.4 is 5.32 Å². The van der Waals surface area contributed by atoms with Crippen molar-refractivity contribution < 1.29 is 0 Å². The molecule has 1 N–H and O–H groups in total. The zero-order valence-corrected chi connectivity index (χ0v) is 12.7. The lowest BCUT2D eigenvalue weighted by molar-refractivity contribution is 0.0882. The summed E-state index contributed by atoms with van der Waals surface area (Å²) >= 11 is 0. The second-order valence-corrected chi connectivity index (χ2v) is 6.36. The van der Waals surface area contributed by atoms with Crippen LogP contribution in [0.1, 0.15) is 38.3 Å². The van der Waals surface area contributed by atoms with E-state index in [-0.39, 0.29) is 0 Å². The predicted octanol–water partition coefficient (Wildman–Crippen LogP) is 3.31. The van der Waals surface area contributed by atoms with Crippen LogP contribution in [0.5, 0.6) is 0 Å². The molecule has 1 aromatic rings. The molecule has 1 fully saturated rings. The first kappa shape index (κ1) is 14.3. The molecular formula is C16H27N3. The lowest BCUT2D eigenvalue weighted by Gasteiger charge is -2.45. The third-order valence-electron chi connectivity index (χ3n) is 4.53. The van der Waals surface area contributed by atoms with Crippen molar-refractivity contribution in [3.63, 3.8) is 0 Å². The highest BCUT2D eigenvalue weighted by Gasteiger charge is 2.36. The molecule has 0 spiro atoms. The number of aryl methyl sites for hydroxylation is 1. The van der Waals surface area contributed by atoms with Crippen molar-refractivity contribution in [2.75, 3.05) is 26.0 Å². The lowest BCUT2D eigenvalue weighted by atomic mass is 9.75. The van der Waals surface area contributed by atoms with Gasteiger partial charge in [0, 0.05) is 29.7 Å². The van der Waals surface area contributed by atoms with Crippen LogP contribution in [0.2, 0.25) is 0 Å². The molecule has 0 radical (unpaired) electrons. The average Bonchev–Trinajstić information content (AvgIpc) is 2.36. The van der Waals surface area contributed by atoms with Crippen LogP contribution in [0.4, 0.5) is 5.69 Å². The quantitative estimate of drug-likeness (QED) is 0.901. The molecule has 1 aliphatic rings. The Kier molecular flexibility index (Phi) is 4.46. The largest absolute Gasteiger partial charge is 0.383 e. The fourth-order valence-electron chi connectivity index (χ4n) is 3.28. The van der Waals surface area contributed by atoms with E-state index in [4.69, 9.17) is 0 Å². The molecule has 0 amide bonds. The molecule has 3 nitrogen and oxygen atoms in total. The van der Waals surface area contributed by atoms with E-state index >= 15 is 0 Å². The molecule has 19 heavy (non-hydrogen) atoms. The molecule has 0 aromatic carbocycles. The maximum absolute atomic E-state index is 4.25.